The van der Waals surface area contributed by atoms with E-state index in [1.54, 1.807) is 15.9 Å². The molecule has 0 atom stereocenters. The van der Waals surface area contributed by atoms with Crippen molar-refractivity contribution in [2.45, 2.75) is 5.92 Å². The molecule has 12 nitrogen and oxygen atoms in total. The molecule has 0 saturated carbocycles. The quantitative estimate of drug-likeness (QED) is 0.330. The number of pyridine rings is 2. The van der Waals surface area contributed by atoms with Gasteiger partial charge in [-0.3, -0.25) is 9.59 Å². The smallest absolute Gasteiger partial charge is 0.257 e. The second kappa shape index (κ2) is 12.2. The molecule has 4 heterocycles. The second-order valence-electron chi connectivity index (χ2n) is 10.8. The van der Waals surface area contributed by atoms with Crippen molar-refractivity contribution in [2.75, 3.05) is 76.3 Å². The number of H-pyrrole nitrogens is 2. The number of nitrogens with zero attached hydrogens (tertiary/aromatic N) is 6. The summed E-state index contributed by atoms with van der Waals surface area (Å²) in [6.45, 7) is 4.69. The number of benzene rings is 1. The summed E-state index contributed by atoms with van der Waals surface area (Å²) in [4.78, 5) is 40.9. The molecule has 0 aliphatic carbocycles. The molecule has 0 radical (unpaired) electrons. The lowest BCUT2D eigenvalue weighted by Gasteiger charge is -2.35. The van der Waals surface area contributed by atoms with Crippen molar-refractivity contribution in [3.63, 3.8) is 0 Å². The molecule has 224 valence electrons. The summed E-state index contributed by atoms with van der Waals surface area (Å²) in [7, 11) is 3.91. The first kappa shape index (κ1) is 30.3. The van der Waals surface area contributed by atoms with Crippen molar-refractivity contribution >= 4 is 34.8 Å². The third kappa shape index (κ3) is 5.51. The van der Waals surface area contributed by atoms with Gasteiger partial charge in [-0.05, 0) is 26.2 Å². The number of nitrogens with one attached hydrogen (secondary N) is 2. The maximum atomic E-state index is 13.8. The number of aromatic amines is 2. The third-order valence-corrected chi connectivity index (χ3v) is 8.80. The molecule has 5 rings (SSSR count). The number of hydrogen-bond donors (Lipinski definition) is 4. The fourth-order valence-electron chi connectivity index (χ4n) is 5.68. The number of nitriles is 2. The maximum absolute atomic E-state index is 13.8. The molecule has 0 spiro atoms. The Labute approximate surface area is 257 Å². The average Bonchev–Trinajstić information content (AvgIpc) is 2.97. The van der Waals surface area contributed by atoms with E-state index >= 15 is 0 Å². The van der Waals surface area contributed by atoms with Crippen LogP contribution in [0.25, 0.3) is 0 Å². The number of aromatic hydroxyl groups is 2. The Bertz CT molecular complexity index is 1640. The van der Waals surface area contributed by atoms with Gasteiger partial charge in [0.2, 0.25) is 0 Å². The normalized spacial score (nSPS) is 16.3. The van der Waals surface area contributed by atoms with Crippen molar-refractivity contribution in [1.29, 1.82) is 10.5 Å². The molecule has 0 unspecified atom stereocenters. The molecule has 1 aromatic carbocycles. The van der Waals surface area contributed by atoms with Crippen LogP contribution in [0.3, 0.4) is 0 Å². The minimum absolute atomic E-state index is 0.0402. The molecule has 0 bridgehead atoms. The number of piperazine rings is 2. The van der Waals surface area contributed by atoms with Crippen molar-refractivity contribution < 1.29 is 10.2 Å². The molecule has 0 amide bonds. The van der Waals surface area contributed by atoms with E-state index in [1.165, 1.54) is 12.1 Å². The standard InChI is InChI=1S/C29H30Cl2N8O4/c1-36-6-10-38(11-7-36)26-16(14-32)24(40)22(28(42)34-26)21(20-18(30)4-3-5-19(20)31)23-25(41)17(15-33)27(35-29(23)43)39-12-8-37(2)9-13-39/h3-5,21H,6-13H2,1-2H3,(H2,34,40,42)(H2,35,41,43). The summed E-state index contributed by atoms with van der Waals surface area (Å²) < 4.78 is 0. The van der Waals surface area contributed by atoms with Crippen LogP contribution in [0.1, 0.15) is 33.7 Å². The zero-order chi connectivity index (χ0) is 31.0. The predicted octanol–water partition coefficient (Wildman–Crippen LogP) is 2.21. The Kier molecular flexibility index (Phi) is 8.58. The summed E-state index contributed by atoms with van der Waals surface area (Å²) in [6, 6.07) is 8.50. The van der Waals surface area contributed by atoms with E-state index in [9.17, 15) is 30.3 Å². The number of rotatable bonds is 5. The van der Waals surface area contributed by atoms with E-state index in [0.717, 1.165) is 0 Å². The molecule has 4 N–H and O–H groups in total. The van der Waals surface area contributed by atoms with Crippen LogP contribution in [0.5, 0.6) is 11.5 Å². The molecule has 2 aromatic heterocycles. The van der Waals surface area contributed by atoms with Crippen molar-refractivity contribution in [3.05, 3.63) is 76.8 Å². The molecule has 43 heavy (non-hydrogen) atoms. The van der Waals surface area contributed by atoms with E-state index in [0.29, 0.717) is 52.4 Å². The van der Waals surface area contributed by atoms with Crippen LogP contribution >= 0.6 is 23.2 Å². The number of halogens is 2. The molecule has 14 heteroatoms. The largest absolute Gasteiger partial charge is 0.506 e. The first-order valence-corrected chi connectivity index (χ1v) is 14.4. The Balaban J connectivity index is 1.78. The summed E-state index contributed by atoms with van der Waals surface area (Å²) >= 11 is 13.2. The fourth-order valence-corrected chi connectivity index (χ4v) is 6.30. The van der Waals surface area contributed by atoms with Crippen molar-refractivity contribution in [1.82, 2.24) is 19.8 Å². The van der Waals surface area contributed by atoms with Crippen LogP contribution in [0.4, 0.5) is 11.6 Å². The number of likely N-dealkylation sites (N-methyl/N-ethyl adjacent to an activating group) is 2. The second-order valence-corrected chi connectivity index (χ2v) is 11.6. The van der Waals surface area contributed by atoms with Gasteiger partial charge in [0.25, 0.3) is 11.1 Å². The van der Waals surface area contributed by atoms with Gasteiger partial charge in [0.15, 0.2) is 0 Å². The van der Waals surface area contributed by atoms with Crippen LogP contribution in [-0.2, 0) is 0 Å². The first-order chi connectivity index (χ1) is 20.6. The van der Waals surface area contributed by atoms with E-state index in [1.807, 2.05) is 26.2 Å². The SMILES string of the molecule is CN1CCN(c2[nH]c(=O)c(C(c3c(Cl)cccc3Cl)c3c(O)c(C#N)c(N4CCN(C)CC4)[nH]c3=O)c(O)c2C#N)CC1. The van der Waals surface area contributed by atoms with Gasteiger partial charge in [-0.25, -0.2) is 0 Å². The Morgan fingerprint density at radius 3 is 1.44 bits per heavy atom. The van der Waals surface area contributed by atoms with E-state index in [-0.39, 0.29) is 38.4 Å². The van der Waals surface area contributed by atoms with Crippen LogP contribution < -0.4 is 20.9 Å². The summed E-state index contributed by atoms with van der Waals surface area (Å²) in [5, 5.41) is 43.5. The highest BCUT2D eigenvalue weighted by atomic mass is 35.5. The summed E-state index contributed by atoms with van der Waals surface area (Å²) in [5.41, 5.74) is -2.84. The molecule has 3 aromatic rings. The summed E-state index contributed by atoms with van der Waals surface area (Å²) in [5.74, 6) is -2.61. The third-order valence-electron chi connectivity index (χ3n) is 8.14. The Hall–Kier alpha value is -4.20. The van der Waals surface area contributed by atoms with Crippen LogP contribution in [-0.4, -0.2) is 96.4 Å². The molecular weight excluding hydrogens is 595 g/mol. The van der Waals surface area contributed by atoms with Crippen LogP contribution in [0.15, 0.2) is 27.8 Å². The van der Waals surface area contributed by atoms with Gasteiger partial charge >= 0.3 is 0 Å². The zero-order valence-corrected chi connectivity index (χ0v) is 25.1. The van der Waals surface area contributed by atoms with Crippen LogP contribution in [0.2, 0.25) is 10.0 Å². The van der Waals surface area contributed by atoms with Crippen molar-refractivity contribution in [2.24, 2.45) is 0 Å². The highest BCUT2D eigenvalue weighted by Crippen LogP contribution is 2.46. The molecule has 2 fully saturated rings. The lowest BCUT2D eigenvalue weighted by molar-refractivity contribution is 0.311. The van der Waals surface area contributed by atoms with Gasteiger partial charge < -0.3 is 39.8 Å². The minimum Gasteiger partial charge on any atom is -0.506 e. The number of anilines is 2. The van der Waals surface area contributed by atoms with Gasteiger partial charge in [-0.15, -0.1) is 0 Å². The number of aromatic nitrogens is 2. The van der Waals surface area contributed by atoms with E-state index in [2.05, 4.69) is 19.8 Å². The van der Waals surface area contributed by atoms with Gasteiger partial charge in [0.05, 0.1) is 17.0 Å². The molecule has 2 saturated heterocycles. The van der Waals surface area contributed by atoms with Crippen molar-refractivity contribution in [3.8, 4) is 23.6 Å². The topological polar surface area (TPSA) is 167 Å². The van der Waals surface area contributed by atoms with Gasteiger partial charge in [-0.1, -0.05) is 29.3 Å². The fraction of sp³-hybridized carbons (Fsp3) is 0.379. The predicted molar refractivity (Wildman–Crippen MR) is 164 cm³/mol. The molecule has 2 aliphatic rings. The molecular formula is C29H30Cl2N8O4. The highest BCUT2D eigenvalue weighted by molar-refractivity contribution is 6.36. The van der Waals surface area contributed by atoms with E-state index in [4.69, 9.17) is 23.2 Å². The molecule has 2 aliphatic heterocycles. The Morgan fingerprint density at radius 2 is 1.09 bits per heavy atom. The zero-order valence-electron chi connectivity index (χ0n) is 23.6. The minimum atomic E-state index is -1.55. The lowest BCUT2D eigenvalue weighted by atomic mass is 9.83. The maximum Gasteiger partial charge on any atom is 0.257 e. The van der Waals surface area contributed by atoms with E-state index < -0.39 is 39.7 Å². The van der Waals surface area contributed by atoms with Gasteiger partial charge in [0, 0.05) is 68.0 Å². The lowest BCUT2D eigenvalue weighted by Crippen LogP contribution is -2.46. The first-order valence-electron chi connectivity index (χ1n) is 13.7. The van der Waals surface area contributed by atoms with Gasteiger partial charge in [-0.2, -0.15) is 10.5 Å². The highest BCUT2D eigenvalue weighted by Gasteiger charge is 2.36. The van der Waals surface area contributed by atoms with Crippen LogP contribution in [0, 0.1) is 22.7 Å². The van der Waals surface area contributed by atoms with Gasteiger partial charge in [0.1, 0.15) is 46.4 Å². The summed E-state index contributed by atoms with van der Waals surface area (Å²) in [6.07, 6.45) is 0. The Morgan fingerprint density at radius 1 is 0.721 bits per heavy atom. The monoisotopic (exact) mass is 624 g/mol. The number of hydrogen-bond acceptors (Lipinski definition) is 10. The average molecular weight is 626 g/mol.